The van der Waals surface area contributed by atoms with Crippen LogP contribution in [-0.4, -0.2) is 55.9 Å². The van der Waals surface area contributed by atoms with Gasteiger partial charge in [0.15, 0.2) is 9.84 Å². The van der Waals surface area contributed by atoms with E-state index >= 15 is 0 Å². The van der Waals surface area contributed by atoms with Gasteiger partial charge in [0.25, 0.3) is 0 Å². The van der Waals surface area contributed by atoms with Crippen LogP contribution in [0.4, 0.5) is 0 Å². The van der Waals surface area contributed by atoms with Gasteiger partial charge in [-0.1, -0.05) is 5.57 Å². The van der Waals surface area contributed by atoms with E-state index < -0.39 is 9.84 Å². The lowest BCUT2D eigenvalue weighted by atomic mass is 10.1. The largest absolute Gasteiger partial charge is 0.347 e. The number of sulfone groups is 1. The monoisotopic (exact) mass is 338 g/mol. The lowest BCUT2D eigenvalue weighted by Gasteiger charge is -2.28. The summed E-state index contributed by atoms with van der Waals surface area (Å²) in [5.74, 6) is 1.45. The highest BCUT2D eigenvalue weighted by Crippen LogP contribution is 2.48. The predicted octanol–water partition coefficient (Wildman–Crippen LogP) is 1.11. The van der Waals surface area contributed by atoms with E-state index in [2.05, 4.69) is 10.2 Å². The summed E-state index contributed by atoms with van der Waals surface area (Å²) in [7, 11) is -3.04. The quantitative estimate of drug-likeness (QED) is 0.763. The number of carbonyl (C=O) groups excluding carboxylic acids is 1. The van der Waals surface area contributed by atoms with Crippen LogP contribution in [0.15, 0.2) is 11.6 Å². The molecule has 0 radical (unpaired) electrons. The molecule has 0 unspecified atom stereocenters. The highest BCUT2D eigenvalue weighted by molar-refractivity contribution is 7.91. The van der Waals surface area contributed by atoms with Gasteiger partial charge in [-0.3, -0.25) is 9.69 Å². The number of nitrogens with one attached hydrogen (secondary N) is 1. The van der Waals surface area contributed by atoms with Gasteiger partial charge in [0, 0.05) is 12.1 Å². The maximum atomic E-state index is 12.4. The molecule has 4 rings (SSSR count). The Morgan fingerprint density at radius 3 is 2.17 bits per heavy atom. The molecule has 0 spiro atoms. The summed E-state index contributed by atoms with van der Waals surface area (Å²) in [6.07, 6.45) is 8.90. The first-order chi connectivity index (χ1) is 11.0. The molecule has 5 nitrogen and oxygen atoms in total. The van der Waals surface area contributed by atoms with Gasteiger partial charge in [-0.2, -0.15) is 0 Å². The van der Waals surface area contributed by atoms with E-state index in [1.165, 1.54) is 31.3 Å². The molecular formula is C17H26N2O3S. The zero-order valence-electron chi connectivity index (χ0n) is 13.5. The Hall–Kier alpha value is -0.880. The van der Waals surface area contributed by atoms with Gasteiger partial charge in [0.2, 0.25) is 5.91 Å². The first-order valence-electron chi connectivity index (χ1n) is 8.98. The van der Waals surface area contributed by atoms with Crippen molar-refractivity contribution >= 4 is 15.7 Å². The van der Waals surface area contributed by atoms with Crippen LogP contribution >= 0.6 is 0 Å². The molecule has 1 amide bonds. The second-order valence-corrected chi connectivity index (χ2v) is 9.85. The molecular weight excluding hydrogens is 312 g/mol. The van der Waals surface area contributed by atoms with Gasteiger partial charge in [-0.15, -0.1) is 0 Å². The van der Waals surface area contributed by atoms with Crippen LogP contribution in [0.25, 0.3) is 0 Å². The fourth-order valence-corrected chi connectivity index (χ4v) is 6.13. The zero-order chi connectivity index (χ0) is 16.0. The van der Waals surface area contributed by atoms with Crippen molar-refractivity contribution in [3.8, 4) is 0 Å². The van der Waals surface area contributed by atoms with Crippen molar-refractivity contribution in [1.29, 1.82) is 0 Å². The summed E-state index contributed by atoms with van der Waals surface area (Å²) in [4.78, 5) is 14.7. The molecule has 2 aliphatic heterocycles. The molecule has 6 heteroatoms. The molecule has 2 atom stereocenters. The standard InChI is InChI=1S/C17H26N2O3S/c20-17(9-14(12-3-4-12)13-5-6-13)18-15-10-23(21,22)11-16(15)19-7-1-2-8-19/h9,12-13,15-16H,1-8,10-11H2,(H,18,20)/t15-,16+/m1/s1. The Morgan fingerprint density at radius 1 is 1.00 bits per heavy atom. The number of allylic oxidation sites excluding steroid dienone is 1. The third-order valence-corrected chi connectivity index (χ3v) is 7.37. The Bertz CT molecular complexity index is 600. The van der Waals surface area contributed by atoms with E-state index in [0.29, 0.717) is 11.8 Å². The number of hydrogen-bond acceptors (Lipinski definition) is 4. The molecule has 0 aromatic heterocycles. The maximum Gasteiger partial charge on any atom is 0.244 e. The smallest absolute Gasteiger partial charge is 0.244 e. The molecule has 1 N–H and O–H groups in total. The molecule has 0 aromatic carbocycles. The fourth-order valence-electron chi connectivity index (χ4n) is 4.18. The van der Waals surface area contributed by atoms with Crippen LogP contribution in [0.5, 0.6) is 0 Å². The van der Waals surface area contributed by atoms with E-state index in [1.54, 1.807) is 6.08 Å². The molecule has 128 valence electrons. The van der Waals surface area contributed by atoms with E-state index in [4.69, 9.17) is 0 Å². The van der Waals surface area contributed by atoms with Crippen LogP contribution in [-0.2, 0) is 14.6 Å². The predicted molar refractivity (Wildman–Crippen MR) is 88.7 cm³/mol. The topological polar surface area (TPSA) is 66.5 Å². The number of likely N-dealkylation sites (tertiary alicyclic amines) is 1. The lowest BCUT2D eigenvalue weighted by Crippen LogP contribution is -2.50. The second-order valence-electron chi connectivity index (χ2n) is 7.70. The van der Waals surface area contributed by atoms with E-state index in [0.717, 1.165) is 25.9 Å². The van der Waals surface area contributed by atoms with Crippen LogP contribution in [0.3, 0.4) is 0 Å². The molecule has 0 bridgehead atoms. The molecule has 2 heterocycles. The Kier molecular flexibility index (Phi) is 4.00. The molecule has 4 aliphatic rings. The van der Waals surface area contributed by atoms with Crippen molar-refractivity contribution < 1.29 is 13.2 Å². The second kappa shape index (κ2) is 5.88. The summed E-state index contributed by atoms with van der Waals surface area (Å²) in [6, 6.07) is -0.286. The van der Waals surface area contributed by atoms with Crippen molar-refractivity contribution in [3.05, 3.63) is 11.6 Å². The van der Waals surface area contributed by atoms with E-state index in [1.807, 2.05) is 0 Å². The summed E-state index contributed by atoms with van der Waals surface area (Å²) in [6.45, 7) is 1.91. The average molecular weight is 338 g/mol. The summed E-state index contributed by atoms with van der Waals surface area (Å²) in [5, 5.41) is 3.02. The van der Waals surface area contributed by atoms with Gasteiger partial charge < -0.3 is 5.32 Å². The van der Waals surface area contributed by atoms with Gasteiger partial charge >= 0.3 is 0 Å². The minimum Gasteiger partial charge on any atom is -0.347 e. The molecule has 23 heavy (non-hydrogen) atoms. The Labute approximate surface area is 138 Å². The van der Waals surface area contributed by atoms with Gasteiger partial charge in [-0.25, -0.2) is 8.42 Å². The lowest BCUT2D eigenvalue weighted by molar-refractivity contribution is -0.117. The summed E-state index contributed by atoms with van der Waals surface area (Å²) >= 11 is 0. The Balaban J connectivity index is 1.45. The molecule has 2 saturated heterocycles. The number of rotatable bonds is 5. The molecule has 4 fully saturated rings. The molecule has 2 saturated carbocycles. The van der Waals surface area contributed by atoms with Crippen molar-refractivity contribution in [3.63, 3.8) is 0 Å². The van der Waals surface area contributed by atoms with Gasteiger partial charge in [0.05, 0.1) is 17.5 Å². The van der Waals surface area contributed by atoms with Crippen LogP contribution in [0, 0.1) is 11.8 Å². The minimum absolute atomic E-state index is 0.0369. The molecule has 2 aliphatic carbocycles. The van der Waals surface area contributed by atoms with Gasteiger partial charge in [0.1, 0.15) is 0 Å². The zero-order valence-corrected chi connectivity index (χ0v) is 14.4. The maximum absolute atomic E-state index is 12.4. The highest BCUT2D eigenvalue weighted by atomic mass is 32.2. The number of carbonyl (C=O) groups is 1. The number of amides is 1. The average Bonchev–Trinajstić information content (AvgIpc) is 3.40. The third kappa shape index (κ3) is 3.63. The number of nitrogens with zero attached hydrogens (tertiary/aromatic N) is 1. The van der Waals surface area contributed by atoms with Crippen molar-refractivity contribution in [2.75, 3.05) is 24.6 Å². The number of hydrogen-bond donors (Lipinski definition) is 1. The summed E-state index contributed by atoms with van der Waals surface area (Å²) in [5.41, 5.74) is 1.32. The van der Waals surface area contributed by atoms with Crippen LogP contribution in [0.2, 0.25) is 0 Å². The minimum atomic E-state index is -3.04. The normalized spacial score (nSPS) is 33.6. The molecule has 0 aromatic rings. The SMILES string of the molecule is O=C(C=C(C1CC1)C1CC1)N[C@@H]1CS(=O)(=O)C[C@@H]1N1CCCC1. The highest BCUT2D eigenvalue weighted by Gasteiger charge is 2.42. The first kappa shape index (κ1) is 15.6. The van der Waals surface area contributed by atoms with E-state index in [-0.39, 0.29) is 29.5 Å². The first-order valence-corrected chi connectivity index (χ1v) is 10.8. The fraction of sp³-hybridized carbons (Fsp3) is 0.824. The Morgan fingerprint density at radius 2 is 1.61 bits per heavy atom. The van der Waals surface area contributed by atoms with Crippen LogP contribution in [0.1, 0.15) is 38.5 Å². The summed E-state index contributed by atoms with van der Waals surface area (Å²) < 4.78 is 24.1. The van der Waals surface area contributed by atoms with E-state index in [9.17, 15) is 13.2 Å². The van der Waals surface area contributed by atoms with Crippen LogP contribution < -0.4 is 5.32 Å². The van der Waals surface area contributed by atoms with Gasteiger partial charge in [-0.05, 0) is 63.5 Å². The van der Waals surface area contributed by atoms with Crippen molar-refractivity contribution in [2.45, 2.75) is 50.6 Å². The van der Waals surface area contributed by atoms with Crippen molar-refractivity contribution in [2.24, 2.45) is 11.8 Å². The third-order valence-electron chi connectivity index (χ3n) is 5.66. The van der Waals surface area contributed by atoms with Crippen molar-refractivity contribution in [1.82, 2.24) is 10.2 Å².